The van der Waals surface area contributed by atoms with E-state index in [2.05, 4.69) is 0 Å². The molecule has 0 saturated carbocycles. The first kappa shape index (κ1) is 97.2. The lowest BCUT2D eigenvalue weighted by molar-refractivity contribution is -0.409. The molecule has 0 amide bonds. The summed E-state index contributed by atoms with van der Waals surface area (Å²) in [6, 6.07) is 0. The lowest BCUT2D eigenvalue weighted by Crippen LogP contribution is -2.70. The number of carbonyl (C=O) groups excluding carboxylic acids is 2. The smallest absolute Gasteiger partial charge is 0.303 e. The minimum atomic E-state index is -1.64. The second kappa shape index (κ2) is 47.5. The van der Waals surface area contributed by atoms with E-state index in [1.807, 2.05) is 0 Å². The van der Waals surface area contributed by atoms with E-state index in [-0.39, 0.29) is 52.9 Å². The molecule has 30 aliphatic rings. The molecule has 30 saturated heterocycles. The first-order valence-corrected chi connectivity index (χ1v) is 38.4. The van der Waals surface area contributed by atoms with E-state index in [9.17, 15) is 9.59 Å². The van der Waals surface area contributed by atoms with Gasteiger partial charge in [-0.15, -0.1) is 0 Å². The maximum Gasteiger partial charge on any atom is 0.303 e. The Balaban J connectivity index is 1.15. The van der Waals surface area contributed by atoms with Gasteiger partial charge in [-0.3, -0.25) is 9.59 Å². The maximum atomic E-state index is 13.6. The molecule has 0 radical (unpaired) electrons. The molecular weight excluding hydrogens is 1560 g/mol. The number of hydrogen-bond donors (Lipinski definition) is 0. The highest BCUT2D eigenvalue weighted by molar-refractivity contribution is 5.67. The average molecular weight is 1690 g/mol. The first-order valence-electron chi connectivity index (χ1n) is 38.4. The van der Waals surface area contributed by atoms with Crippen molar-refractivity contribution >= 4 is 11.9 Å². The molecule has 0 N–H and O–H groups in total. The summed E-state index contributed by atoms with van der Waals surface area (Å²) in [6.45, 7) is 1.24. The van der Waals surface area contributed by atoms with Crippen LogP contribution in [0.4, 0.5) is 0 Å². The van der Waals surface area contributed by atoms with Crippen LogP contribution in [0.3, 0.4) is 0 Å². The highest BCUT2D eigenvalue weighted by Gasteiger charge is 2.64. The zero-order valence-electron chi connectivity index (χ0n) is 70.9. The van der Waals surface area contributed by atoms with Crippen LogP contribution in [-0.2, 0) is 199 Å². The predicted molar refractivity (Wildman–Crippen MR) is 386 cm³/mol. The molecular formula is C74H128O42. The Kier molecular flexibility index (Phi) is 39.8. The maximum absolute atomic E-state index is 13.6. The van der Waals surface area contributed by atoms with E-state index in [0.717, 1.165) is 6.92 Å². The van der Waals surface area contributed by atoms with Crippen molar-refractivity contribution in [3.8, 4) is 0 Å². The van der Waals surface area contributed by atoms with Crippen molar-refractivity contribution in [3.05, 3.63) is 0 Å². The molecule has 40 atom stereocenters. The third-order valence-electron chi connectivity index (χ3n) is 22.1. The van der Waals surface area contributed by atoms with Gasteiger partial charge in [0.2, 0.25) is 0 Å². The molecule has 0 aromatic carbocycles. The lowest BCUT2D eigenvalue weighted by atomic mass is 9.94. The molecule has 42 nitrogen and oxygen atoms in total. The summed E-state index contributed by atoms with van der Waals surface area (Å²) in [5, 5.41) is 0. The summed E-state index contributed by atoms with van der Waals surface area (Å²) in [4.78, 5) is 27.2. The Morgan fingerprint density at radius 1 is 0.172 bits per heavy atom. The topological polar surface area (TPSA) is 403 Å². The van der Waals surface area contributed by atoms with E-state index in [1.54, 1.807) is 0 Å². The number of carbonyl (C=O) groups is 2. The quantitative estimate of drug-likeness (QED) is 0.0666. The van der Waals surface area contributed by atoms with Crippen molar-refractivity contribution in [2.45, 2.75) is 259 Å². The summed E-state index contributed by atoms with van der Waals surface area (Å²) in [6.07, 6.45) is -47.1. The molecule has 676 valence electrons. The third kappa shape index (κ3) is 21.8. The van der Waals surface area contributed by atoms with Gasteiger partial charge in [0.25, 0.3) is 0 Å². The van der Waals surface area contributed by atoms with Gasteiger partial charge in [-0.2, -0.15) is 0 Å². The van der Waals surface area contributed by atoms with Crippen LogP contribution in [0, 0.1) is 0 Å². The number of esters is 2. The van der Waals surface area contributed by atoms with Gasteiger partial charge in [0.15, 0.2) is 62.5 Å². The fraction of sp³-hybridized carbons (Fsp3) is 0.973. The second-order valence-corrected chi connectivity index (χ2v) is 28.7. The third-order valence-corrected chi connectivity index (χ3v) is 22.1. The van der Waals surface area contributed by atoms with Gasteiger partial charge in [0.1, 0.15) is 183 Å². The van der Waals surface area contributed by atoms with E-state index in [4.69, 9.17) is 189 Å². The van der Waals surface area contributed by atoms with Crippen LogP contribution in [-0.4, -0.2) is 467 Å². The van der Waals surface area contributed by atoms with E-state index < -0.39 is 258 Å². The largest absolute Gasteiger partial charge is 0.455 e. The molecule has 30 fully saturated rings. The van der Waals surface area contributed by atoms with Gasteiger partial charge in [-0.25, -0.2) is 0 Å². The second-order valence-electron chi connectivity index (χ2n) is 28.7. The molecule has 0 aromatic heterocycles. The van der Waals surface area contributed by atoms with Crippen molar-refractivity contribution in [2.75, 3.05) is 209 Å². The standard InChI is InChI=1S/C74H128O42/c1-33(75)99-58-50-42(32-84-10)108-74(66(58)100-34(2)76)115-49-41(31-83-9)106-72(64(97-23)57(49)91-17)113-47-39(29-81-7)104-70(62(95-21)55(47)89-15)111-45-37(27-79-5)102-68(60(93-19)53(45)87-13)109-43-35(25-77-3)101-67(59(92-18)51(43)85-11)110-44-36(26-78-4)103-69(61(94-20)52(44)86-12)112-46-38(28-80-6)105-71(63(96-22)54(46)88-14)114-48-40(30-82-8)107-73(116-50)65(98-24)56(48)90-16/h35-74H,25-32H2,1-24H3/t35-,36-,37-,38-,39-,40-,41-,42-,43-,44-,45-,46-,47-,48-,49-,50-,51+,52+,53+,54+,55+,56+,57+,58+,59-,60-,61-,62-,63-,64-,65-,66-,67-,68-,69-,70-,71-,72-,73-,74-/m1/s1. The number of hydrogen-bond acceptors (Lipinski definition) is 42. The molecule has 30 aliphatic heterocycles. The minimum Gasteiger partial charge on any atom is -0.455 e. The van der Waals surface area contributed by atoms with Crippen molar-refractivity contribution < 1.29 is 199 Å². The molecule has 30 rings (SSSR count). The van der Waals surface area contributed by atoms with Gasteiger partial charge in [-0.05, 0) is 0 Å². The number of methoxy groups -OCH3 is 22. The highest BCUT2D eigenvalue weighted by atomic mass is 16.8. The van der Waals surface area contributed by atoms with Crippen LogP contribution in [0.5, 0.6) is 0 Å². The van der Waals surface area contributed by atoms with E-state index in [0.29, 0.717) is 0 Å². The highest BCUT2D eigenvalue weighted by Crippen LogP contribution is 2.44. The van der Waals surface area contributed by atoms with Gasteiger partial charge < -0.3 is 189 Å². The Labute approximate surface area is 677 Å². The summed E-state index contributed by atoms with van der Waals surface area (Å²) in [7, 11) is 32.2. The normalized spacial score (nSPS) is 44.8. The molecule has 0 unspecified atom stereocenters. The van der Waals surface area contributed by atoms with Crippen molar-refractivity contribution in [1.82, 2.24) is 0 Å². The fourth-order valence-corrected chi connectivity index (χ4v) is 17.1. The summed E-state index contributed by atoms with van der Waals surface area (Å²) < 4.78 is 259. The van der Waals surface area contributed by atoms with Crippen molar-refractivity contribution in [3.63, 3.8) is 0 Å². The van der Waals surface area contributed by atoms with Crippen LogP contribution in [0.15, 0.2) is 0 Å². The zero-order valence-corrected chi connectivity index (χ0v) is 70.9. The Morgan fingerprint density at radius 3 is 0.414 bits per heavy atom. The van der Waals surface area contributed by atoms with Crippen LogP contribution in [0.2, 0.25) is 0 Å². The predicted octanol–water partition coefficient (Wildman–Crippen LogP) is -1.87. The lowest BCUT2D eigenvalue weighted by Gasteiger charge is -2.53. The zero-order chi connectivity index (χ0) is 84.2. The molecule has 42 heteroatoms. The molecule has 30 heterocycles. The number of ether oxygens (including phenoxy) is 40. The van der Waals surface area contributed by atoms with Gasteiger partial charge >= 0.3 is 11.9 Å². The van der Waals surface area contributed by atoms with E-state index in [1.165, 1.54) is 163 Å². The monoisotopic (exact) mass is 1690 g/mol. The van der Waals surface area contributed by atoms with Crippen LogP contribution in [0.25, 0.3) is 0 Å². The molecule has 0 aromatic rings. The first-order chi connectivity index (χ1) is 56.2. The van der Waals surface area contributed by atoms with Gasteiger partial charge in [0, 0.05) is 170 Å². The minimum absolute atomic E-state index is 0.0786. The van der Waals surface area contributed by atoms with Crippen LogP contribution < -0.4 is 0 Å². The van der Waals surface area contributed by atoms with E-state index >= 15 is 0 Å². The number of rotatable bonds is 32. The average Bonchev–Trinajstić information content (AvgIpc) is 0.755. The van der Waals surface area contributed by atoms with Gasteiger partial charge in [0.05, 0.1) is 52.9 Å². The molecule has 116 heavy (non-hydrogen) atoms. The SMILES string of the molecule is COC[C@H]1O[C@@H]2O[C@H]3[C@H](OC)[C@@H](OC)[C@@H](O[C@H]4[C@H](OC)[C@@H](OC)[C@@H](O[C@H]5[C@H](OC)[C@@H](OC)[C@@H](O[C@H]6[C@H](OC(C)=O)[C@@H](OC(C)=O)[C@@H](O[C@H]7[C@H](OC)[C@@H](OC)[C@@H](O[C@H]8[C@H](OC)[C@@H](OC)[C@@H](O[C@H]9[C@H](OC)[C@@H](OC)[C@@H](O[C@H]1[C@H](OC)[C@H]2OC)O[C@@H]9COC)O[C@@H]8COC)O[C@@H]7COC)O[C@@H]6COC)O[C@@H]5COC)O[C@@H]4COC)O[C@@H]3COC. The summed E-state index contributed by atoms with van der Waals surface area (Å²) in [5.74, 6) is -1.66. The molecule has 0 spiro atoms. The molecule has 16 bridgehead atoms. The van der Waals surface area contributed by atoms with Crippen molar-refractivity contribution in [2.24, 2.45) is 0 Å². The summed E-state index contributed by atoms with van der Waals surface area (Å²) >= 11 is 0. The molecule has 0 aliphatic carbocycles. The fourth-order valence-electron chi connectivity index (χ4n) is 17.1. The Hall–Kier alpha value is -2.58. The van der Waals surface area contributed by atoms with Gasteiger partial charge in [-0.1, -0.05) is 0 Å². The van der Waals surface area contributed by atoms with Crippen LogP contribution in [0.1, 0.15) is 13.8 Å². The summed E-state index contributed by atoms with van der Waals surface area (Å²) in [5.41, 5.74) is 0. The Morgan fingerprint density at radius 2 is 0.293 bits per heavy atom. The Bertz CT molecular complexity index is 2800. The van der Waals surface area contributed by atoms with Crippen LogP contribution >= 0.6 is 0 Å². The van der Waals surface area contributed by atoms with Crippen molar-refractivity contribution in [1.29, 1.82) is 0 Å².